The number of ether oxygens (including phenoxy) is 1. The molecule has 1 aromatic heterocycles. The third-order valence-electron chi connectivity index (χ3n) is 2.83. The summed E-state index contributed by atoms with van der Waals surface area (Å²) >= 11 is 0. The number of hydrogen-bond donors (Lipinski definition) is 2. The molecule has 1 saturated heterocycles. The molecular weight excluding hydrogens is 230 g/mol. The van der Waals surface area contributed by atoms with Gasteiger partial charge in [-0.1, -0.05) is 0 Å². The zero-order chi connectivity index (χ0) is 11.6. The summed E-state index contributed by atoms with van der Waals surface area (Å²) in [4.78, 5) is 6.25. The quantitative estimate of drug-likeness (QED) is 0.788. The molecule has 0 aromatic carbocycles. The SMILES string of the molecule is CC1OCCC1CNS(=O)(=O)c1cnc[nH]1. The fraction of sp³-hybridized carbons (Fsp3) is 0.667. The molecule has 2 unspecified atom stereocenters. The van der Waals surface area contributed by atoms with Gasteiger partial charge in [-0.3, -0.25) is 0 Å². The topological polar surface area (TPSA) is 84.1 Å². The predicted molar refractivity (Wildman–Crippen MR) is 57.3 cm³/mol. The van der Waals surface area contributed by atoms with Crippen molar-refractivity contribution in [2.24, 2.45) is 5.92 Å². The fourth-order valence-corrected chi connectivity index (χ4v) is 2.73. The van der Waals surface area contributed by atoms with E-state index in [1.807, 2.05) is 6.92 Å². The summed E-state index contributed by atoms with van der Waals surface area (Å²) in [7, 11) is -3.45. The van der Waals surface area contributed by atoms with Crippen molar-refractivity contribution in [3.05, 3.63) is 12.5 Å². The van der Waals surface area contributed by atoms with Crippen LogP contribution in [-0.4, -0.2) is 37.6 Å². The van der Waals surface area contributed by atoms with Gasteiger partial charge >= 0.3 is 0 Å². The fourth-order valence-electron chi connectivity index (χ4n) is 1.73. The highest BCUT2D eigenvalue weighted by molar-refractivity contribution is 7.89. The van der Waals surface area contributed by atoms with Gasteiger partial charge in [-0.2, -0.15) is 0 Å². The number of aromatic amines is 1. The standard InChI is InChI=1S/C9H15N3O3S/c1-7-8(2-3-15-7)4-12-16(13,14)9-5-10-6-11-9/h5-8,12H,2-4H2,1H3,(H,10,11). The number of imidazole rings is 1. The molecule has 1 aliphatic rings. The molecule has 90 valence electrons. The molecule has 0 aliphatic carbocycles. The van der Waals surface area contributed by atoms with E-state index in [-0.39, 0.29) is 17.0 Å². The number of rotatable bonds is 4. The van der Waals surface area contributed by atoms with Crippen LogP contribution in [0.4, 0.5) is 0 Å². The van der Waals surface area contributed by atoms with E-state index in [1.165, 1.54) is 12.5 Å². The Morgan fingerprint density at radius 3 is 3.06 bits per heavy atom. The van der Waals surface area contributed by atoms with Gasteiger partial charge in [0.15, 0.2) is 5.03 Å². The van der Waals surface area contributed by atoms with Crippen molar-refractivity contribution in [3.8, 4) is 0 Å². The normalized spacial score (nSPS) is 26.1. The van der Waals surface area contributed by atoms with Crippen LogP contribution in [0.25, 0.3) is 0 Å². The lowest BCUT2D eigenvalue weighted by atomic mass is 10.0. The first-order valence-corrected chi connectivity index (χ1v) is 6.67. The molecule has 7 heteroatoms. The lowest BCUT2D eigenvalue weighted by Gasteiger charge is -2.14. The molecule has 2 rings (SSSR count). The molecule has 2 heterocycles. The Morgan fingerprint density at radius 2 is 2.50 bits per heavy atom. The molecule has 6 nitrogen and oxygen atoms in total. The van der Waals surface area contributed by atoms with Crippen LogP contribution in [-0.2, 0) is 14.8 Å². The Labute approximate surface area is 94.5 Å². The summed E-state index contributed by atoms with van der Waals surface area (Å²) in [6, 6.07) is 0. The number of aromatic nitrogens is 2. The molecule has 0 amide bonds. The Bertz CT molecular complexity index is 429. The van der Waals surface area contributed by atoms with Gasteiger partial charge in [0.1, 0.15) is 0 Å². The Hall–Kier alpha value is -0.920. The molecule has 0 bridgehead atoms. The zero-order valence-corrected chi connectivity index (χ0v) is 9.83. The summed E-state index contributed by atoms with van der Waals surface area (Å²) in [6.07, 6.45) is 3.64. The summed E-state index contributed by atoms with van der Waals surface area (Å²) in [6.45, 7) is 3.07. The van der Waals surface area contributed by atoms with Crippen molar-refractivity contribution < 1.29 is 13.2 Å². The molecule has 2 N–H and O–H groups in total. The van der Waals surface area contributed by atoms with Gasteiger partial charge in [-0.25, -0.2) is 18.1 Å². The number of hydrogen-bond acceptors (Lipinski definition) is 4. The number of nitrogens with zero attached hydrogens (tertiary/aromatic N) is 1. The van der Waals surface area contributed by atoms with E-state index in [9.17, 15) is 8.42 Å². The average molecular weight is 245 g/mol. The molecule has 1 fully saturated rings. The van der Waals surface area contributed by atoms with Gasteiger partial charge < -0.3 is 9.72 Å². The minimum atomic E-state index is -3.45. The molecule has 16 heavy (non-hydrogen) atoms. The maximum absolute atomic E-state index is 11.7. The van der Waals surface area contributed by atoms with Gasteiger partial charge in [0.05, 0.1) is 18.6 Å². The predicted octanol–water partition coefficient (Wildman–Crippen LogP) is 0.113. The first-order chi connectivity index (χ1) is 7.59. The Morgan fingerprint density at radius 1 is 1.69 bits per heavy atom. The maximum Gasteiger partial charge on any atom is 0.257 e. The Balaban J connectivity index is 1.95. The monoisotopic (exact) mass is 245 g/mol. The van der Waals surface area contributed by atoms with Crippen LogP contribution in [0.5, 0.6) is 0 Å². The van der Waals surface area contributed by atoms with Crippen LogP contribution < -0.4 is 4.72 Å². The van der Waals surface area contributed by atoms with E-state index in [1.54, 1.807) is 0 Å². The third kappa shape index (κ3) is 2.42. The van der Waals surface area contributed by atoms with E-state index < -0.39 is 10.0 Å². The van der Waals surface area contributed by atoms with Crippen molar-refractivity contribution in [3.63, 3.8) is 0 Å². The third-order valence-corrected chi connectivity index (χ3v) is 4.18. The second kappa shape index (κ2) is 4.52. The maximum atomic E-state index is 11.7. The van der Waals surface area contributed by atoms with Crippen molar-refractivity contribution in [1.82, 2.24) is 14.7 Å². The van der Waals surface area contributed by atoms with Crippen LogP contribution >= 0.6 is 0 Å². The van der Waals surface area contributed by atoms with Crippen molar-refractivity contribution in [1.29, 1.82) is 0 Å². The molecule has 1 aromatic rings. The van der Waals surface area contributed by atoms with Gasteiger partial charge in [0, 0.05) is 19.1 Å². The van der Waals surface area contributed by atoms with E-state index in [0.717, 1.165) is 6.42 Å². The van der Waals surface area contributed by atoms with E-state index in [2.05, 4.69) is 14.7 Å². The van der Waals surface area contributed by atoms with Crippen molar-refractivity contribution >= 4 is 10.0 Å². The lowest BCUT2D eigenvalue weighted by Crippen LogP contribution is -2.32. The summed E-state index contributed by atoms with van der Waals surface area (Å²) in [5, 5.41) is 0.0964. The first kappa shape index (κ1) is 11.6. The van der Waals surface area contributed by atoms with Crippen LogP contribution in [0, 0.1) is 5.92 Å². The van der Waals surface area contributed by atoms with Crippen LogP contribution in [0.2, 0.25) is 0 Å². The first-order valence-electron chi connectivity index (χ1n) is 5.19. The molecule has 0 radical (unpaired) electrons. The van der Waals surface area contributed by atoms with Gasteiger partial charge in [-0.15, -0.1) is 0 Å². The minimum Gasteiger partial charge on any atom is -0.378 e. The molecule has 2 atom stereocenters. The molecule has 1 aliphatic heterocycles. The minimum absolute atomic E-state index is 0.0964. The highest BCUT2D eigenvalue weighted by Crippen LogP contribution is 2.19. The largest absolute Gasteiger partial charge is 0.378 e. The lowest BCUT2D eigenvalue weighted by molar-refractivity contribution is 0.107. The number of nitrogens with one attached hydrogen (secondary N) is 2. The second-order valence-electron chi connectivity index (χ2n) is 3.89. The summed E-state index contributed by atoms with van der Waals surface area (Å²) in [5.41, 5.74) is 0. The van der Waals surface area contributed by atoms with Crippen molar-refractivity contribution in [2.45, 2.75) is 24.5 Å². The highest BCUT2D eigenvalue weighted by Gasteiger charge is 2.26. The van der Waals surface area contributed by atoms with Gasteiger partial charge in [-0.05, 0) is 13.3 Å². The second-order valence-corrected chi connectivity index (χ2v) is 5.63. The number of H-pyrrole nitrogens is 1. The van der Waals surface area contributed by atoms with Crippen LogP contribution in [0.3, 0.4) is 0 Å². The summed E-state index contributed by atoms with van der Waals surface area (Å²) in [5.74, 6) is 0.248. The summed E-state index contributed by atoms with van der Waals surface area (Å²) < 4.78 is 31.4. The molecule has 0 saturated carbocycles. The van der Waals surface area contributed by atoms with E-state index in [4.69, 9.17) is 4.74 Å². The van der Waals surface area contributed by atoms with Crippen LogP contribution in [0.15, 0.2) is 17.6 Å². The van der Waals surface area contributed by atoms with Gasteiger partial charge in [0.2, 0.25) is 0 Å². The molecule has 0 spiro atoms. The number of sulfonamides is 1. The zero-order valence-electron chi connectivity index (χ0n) is 9.01. The Kier molecular flexibility index (Phi) is 3.27. The van der Waals surface area contributed by atoms with Gasteiger partial charge in [0.25, 0.3) is 10.0 Å². The molecular formula is C9H15N3O3S. The average Bonchev–Trinajstić information content (AvgIpc) is 2.85. The van der Waals surface area contributed by atoms with Crippen molar-refractivity contribution in [2.75, 3.05) is 13.2 Å². The van der Waals surface area contributed by atoms with Crippen LogP contribution in [0.1, 0.15) is 13.3 Å². The highest BCUT2D eigenvalue weighted by atomic mass is 32.2. The smallest absolute Gasteiger partial charge is 0.257 e. The van der Waals surface area contributed by atoms with E-state index >= 15 is 0 Å². The van der Waals surface area contributed by atoms with E-state index in [0.29, 0.717) is 13.2 Å².